The molecule has 0 fully saturated rings. The molecule has 0 atom stereocenters. The summed E-state index contributed by atoms with van der Waals surface area (Å²) in [6.45, 7) is 19.5. The lowest BCUT2D eigenvalue weighted by molar-refractivity contribution is -0.155. The first-order chi connectivity index (χ1) is 23.4. The van der Waals surface area contributed by atoms with Gasteiger partial charge in [0.15, 0.2) is 0 Å². The van der Waals surface area contributed by atoms with Crippen LogP contribution in [0.2, 0.25) is 0 Å². The minimum Gasteiger partial charge on any atom is -0.463 e. The summed E-state index contributed by atoms with van der Waals surface area (Å²) >= 11 is 0. The SMILES string of the molecule is C=CC(=O)OCCOCCOCCOCCOCCOCCOCCOCCOCCOCCOCCOCCOC(=O)C(C)(C)CC. The lowest BCUT2D eigenvalue weighted by atomic mass is 9.91. The zero-order valence-corrected chi connectivity index (χ0v) is 29.6. The van der Waals surface area contributed by atoms with E-state index >= 15 is 0 Å². The average molecular weight is 699 g/mol. The van der Waals surface area contributed by atoms with Gasteiger partial charge in [-0.25, -0.2) is 4.79 Å². The molecule has 15 heteroatoms. The number of hydrogen-bond acceptors (Lipinski definition) is 15. The molecule has 0 unspecified atom stereocenters. The first-order valence-corrected chi connectivity index (χ1v) is 16.8. The van der Waals surface area contributed by atoms with E-state index in [1.807, 2.05) is 20.8 Å². The largest absolute Gasteiger partial charge is 0.463 e. The lowest BCUT2D eigenvalue weighted by Crippen LogP contribution is -2.27. The number of hydrogen-bond donors (Lipinski definition) is 0. The molecule has 0 spiro atoms. The summed E-state index contributed by atoms with van der Waals surface area (Å²) in [6.07, 6.45) is 1.84. The summed E-state index contributed by atoms with van der Waals surface area (Å²) < 4.78 is 69.7. The van der Waals surface area contributed by atoms with Crippen LogP contribution in [0.5, 0.6) is 0 Å². The molecule has 0 saturated heterocycles. The highest BCUT2D eigenvalue weighted by Crippen LogP contribution is 2.21. The molecule has 0 bridgehead atoms. The summed E-state index contributed by atoms with van der Waals surface area (Å²) in [4.78, 5) is 22.7. The van der Waals surface area contributed by atoms with Crippen LogP contribution in [0.1, 0.15) is 27.2 Å². The van der Waals surface area contributed by atoms with E-state index in [2.05, 4.69) is 6.58 Å². The van der Waals surface area contributed by atoms with Crippen LogP contribution in [-0.4, -0.2) is 171 Å². The molecule has 0 aromatic heterocycles. The molecular formula is C33H62O15. The maximum absolute atomic E-state index is 11.8. The maximum Gasteiger partial charge on any atom is 0.330 e. The molecule has 0 aliphatic heterocycles. The number of carbonyl (C=O) groups is 2. The van der Waals surface area contributed by atoms with Gasteiger partial charge < -0.3 is 61.6 Å². The van der Waals surface area contributed by atoms with Gasteiger partial charge in [0.2, 0.25) is 0 Å². The predicted octanol–water partition coefficient (Wildman–Crippen LogP) is 1.88. The van der Waals surface area contributed by atoms with Crippen molar-refractivity contribution in [3.63, 3.8) is 0 Å². The molecule has 0 saturated carbocycles. The molecule has 0 amide bonds. The van der Waals surface area contributed by atoms with E-state index in [9.17, 15) is 9.59 Å². The Morgan fingerprint density at radius 2 is 0.625 bits per heavy atom. The molecule has 0 aliphatic rings. The van der Waals surface area contributed by atoms with Crippen molar-refractivity contribution in [3.05, 3.63) is 12.7 Å². The Balaban J connectivity index is 3.12. The van der Waals surface area contributed by atoms with Crippen molar-refractivity contribution in [3.8, 4) is 0 Å². The maximum atomic E-state index is 11.8. The van der Waals surface area contributed by atoms with E-state index in [0.29, 0.717) is 145 Å². The van der Waals surface area contributed by atoms with Crippen LogP contribution < -0.4 is 0 Å². The van der Waals surface area contributed by atoms with Crippen molar-refractivity contribution < 1.29 is 71.2 Å². The van der Waals surface area contributed by atoms with Gasteiger partial charge in [0.25, 0.3) is 0 Å². The van der Waals surface area contributed by atoms with Gasteiger partial charge in [-0.1, -0.05) is 13.5 Å². The van der Waals surface area contributed by atoms with Crippen molar-refractivity contribution >= 4 is 11.9 Å². The van der Waals surface area contributed by atoms with Crippen LogP contribution in [0.4, 0.5) is 0 Å². The lowest BCUT2D eigenvalue weighted by Gasteiger charge is -2.20. The molecule has 15 nitrogen and oxygen atoms in total. The Bertz CT molecular complexity index is 723. The smallest absolute Gasteiger partial charge is 0.330 e. The Morgan fingerprint density at radius 1 is 0.417 bits per heavy atom. The van der Waals surface area contributed by atoms with Gasteiger partial charge in [-0.15, -0.1) is 0 Å². The molecular weight excluding hydrogens is 636 g/mol. The first kappa shape index (κ1) is 46.2. The Kier molecular flexibility index (Phi) is 35.2. The van der Waals surface area contributed by atoms with E-state index in [1.165, 1.54) is 0 Å². The third kappa shape index (κ3) is 34.1. The number of rotatable bonds is 39. The predicted molar refractivity (Wildman–Crippen MR) is 175 cm³/mol. The van der Waals surface area contributed by atoms with E-state index in [0.717, 1.165) is 12.5 Å². The van der Waals surface area contributed by atoms with Crippen molar-refractivity contribution in [2.24, 2.45) is 5.41 Å². The highest BCUT2D eigenvalue weighted by Gasteiger charge is 2.26. The van der Waals surface area contributed by atoms with Gasteiger partial charge in [-0.3, -0.25) is 4.79 Å². The standard InChI is InChI=1S/C33H62O15/c1-5-31(34)47-29-27-45-25-23-43-21-19-41-17-15-39-13-11-37-9-7-36-8-10-38-12-14-40-16-18-42-20-22-44-24-26-46-28-30-48-32(35)33(3,4)6-2/h5H,1,6-30H2,2-4H3. The molecule has 0 radical (unpaired) electrons. The van der Waals surface area contributed by atoms with Crippen molar-refractivity contribution in [1.29, 1.82) is 0 Å². The van der Waals surface area contributed by atoms with Gasteiger partial charge in [-0.2, -0.15) is 0 Å². The number of carbonyl (C=O) groups excluding carboxylic acids is 2. The summed E-state index contributed by atoms with van der Waals surface area (Å²) in [5.74, 6) is -0.667. The Morgan fingerprint density at radius 3 is 0.833 bits per heavy atom. The fourth-order valence-electron chi connectivity index (χ4n) is 3.09. The highest BCUT2D eigenvalue weighted by molar-refractivity contribution is 5.81. The van der Waals surface area contributed by atoms with E-state index in [4.69, 9.17) is 61.6 Å². The summed E-state index contributed by atoms with van der Waals surface area (Å²) in [6, 6.07) is 0. The van der Waals surface area contributed by atoms with Crippen LogP contribution in [0.25, 0.3) is 0 Å². The normalized spacial score (nSPS) is 11.6. The van der Waals surface area contributed by atoms with Gasteiger partial charge in [-0.05, 0) is 20.3 Å². The van der Waals surface area contributed by atoms with Gasteiger partial charge >= 0.3 is 11.9 Å². The van der Waals surface area contributed by atoms with Crippen LogP contribution in [0.15, 0.2) is 12.7 Å². The minimum atomic E-state index is -0.463. The summed E-state index contributed by atoms with van der Waals surface area (Å²) in [7, 11) is 0. The van der Waals surface area contributed by atoms with Crippen LogP contribution >= 0.6 is 0 Å². The molecule has 0 aromatic rings. The molecule has 0 heterocycles. The second-order valence-corrected chi connectivity index (χ2v) is 10.5. The third-order valence-corrected chi connectivity index (χ3v) is 6.26. The van der Waals surface area contributed by atoms with Crippen LogP contribution in [0.3, 0.4) is 0 Å². The second-order valence-electron chi connectivity index (χ2n) is 10.5. The van der Waals surface area contributed by atoms with Gasteiger partial charge in [0, 0.05) is 6.08 Å². The van der Waals surface area contributed by atoms with Crippen molar-refractivity contribution in [1.82, 2.24) is 0 Å². The highest BCUT2D eigenvalue weighted by atomic mass is 16.6. The first-order valence-electron chi connectivity index (χ1n) is 16.8. The van der Waals surface area contributed by atoms with Crippen LogP contribution in [0, 0.1) is 5.41 Å². The molecule has 284 valence electrons. The average Bonchev–Trinajstić information content (AvgIpc) is 3.09. The molecule has 0 aliphatic carbocycles. The molecule has 48 heavy (non-hydrogen) atoms. The van der Waals surface area contributed by atoms with Crippen LogP contribution in [-0.2, 0) is 71.2 Å². The molecule has 0 N–H and O–H groups in total. The molecule has 0 aromatic carbocycles. The van der Waals surface area contributed by atoms with Gasteiger partial charge in [0.1, 0.15) is 13.2 Å². The van der Waals surface area contributed by atoms with E-state index < -0.39 is 11.4 Å². The summed E-state index contributed by atoms with van der Waals surface area (Å²) in [5.41, 5.74) is -0.461. The monoisotopic (exact) mass is 698 g/mol. The molecule has 0 rings (SSSR count). The van der Waals surface area contributed by atoms with Crippen molar-refractivity contribution in [2.45, 2.75) is 27.2 Å². The second kappa shape index (κ2) is 36.5. The number of esters is 2. The third-order valence-electron chi connectivity index (χ3n) is 6.26. The zero-order valence-electron chi connectivity index (χ0n) is 29.6. The van der Waals surface area contributed by atoms with E-state index in [1.54, 1.807) is 0 Å². The fraction of sp³-hybridized carbons (Fsp3) is 0.879. The topological polar surface area (TPSA) is 154 Å². The van der Waals surface area contributed by atoms with Crippen molar-refractivity contribution in [2.75, 3.05) is 159 Å². The Hall–Kier alpha value is -1.76. The quantitative estimate of drug-likeness (QED) is 0.0521. The number of ether oxygens (including phenoxy) is 13. The minimum absolute atomic E-state index is 0.194. The summed E-state index contributed by atoms with van der Waals surface area (Å²) in [5, 5.41) is 0. The Labute approximate surface area is 287 Å². The van der Waals surface area contributed by atoms with Gasteiger partial charge in [0.05, 0.1) is 151 Å². The van der Waals surface area contributed by atoms with E-state index in [-0.39, 0.29) is 19.2 Å². The fourth-order valence-corrected chi connectivity index (χ4v) is 3.09. The zero-order chi connectivity index (χ0) is 35.2.